The molecule has 0 aromatic rings. The van der Waals surface area contributed by atoms with E-state index < -0.39 is 5.54 Å². The lowest BCUT2D eigenvalue weighted by molar-refractivity contribution is -0.140. The fourth-order valence-corrected chi connectivity index (χ4v) is 2.38. The van der Waals surface area contributed by atoms with Crippen LogP contribution in [0.15, 0.2) is 0 Å². The van der Waals surface area contributed by atoms with E-state index in [1.54, 1.807) is 19.0 Å². The van der Waals surface area contributed by atoms with Crippen molar-refractivity contribution < 1.29 is 9.59 Å². The van der Waals surface area contributed by atoms with Gasteiger partial charge in [-0.2, -0.15) is 0 Å². The third kappa shape index (κ3) is 4.49. The second kappa shape index (κ2) is 8.15. The minimum atomic E-state index is -0.698. The topological polar surface area (TPSA) is 52.7 Å². The van der Waals surface area contributed by atoms with E-state index in [4.69, 9.17) is 0 Å². The number of carbonyl (C=O) groups excluding carboxylic acids is 2. The second-order valence-corrected chi connectivity index (χ2v) is 5.17. The van der Waals surface area contributed by atoms with E-state index in [0.717, 1.165) is 13.1 Å². The van der Waals surface area contributed by atoms with Crippen molar-refractivity contribution in [3.63, 3.8) is 0 Å². The lowest BCUT2D eigenvalue weighted by Crippen LogP contribution is -2.61. The summed E-state index contributed by atoms with van der Waals surface area (Å²) in [5.41, 5.74) is -0.698. The van der Waals surface area contributed by atoms with Crippen molar-refractivity contribution in [1.82, 2.24) is 15.1 Å². The molecule has 1 heterocycles. The Bertz CT molecular complexity index is 282. The van der Waals surface area contributed by atoms with Gasteiger partial charge >= 0.3 is 0 Å². The summed E-state index contributed by atoms with van der Waals surface area (Å²) in [5, 5.41) is 2.74. The molecule has 2 amide bonds. The highest BCUT2D eigenvalue weighted by Crippen LogP contribution is 2.24. The lowest BCUT2D eigenvalue weighted by atomic mass is 9.85. The van der Waals surface area contributed by atoms with Crippen LogP contribution in [-0.4, -0.2) is 60.9 Å². The SMILES string of the molecule is CC.CC(C)N1CCC(NC=O)(C(=O)N(C)C)CC1. The van der Waals surface area contributed by atoms with Crippen molar-refractivity contribution >= 4 is 12.3 Å². The first kappa shape index (κ1) is 17.9. The summed E-state index contributed by atoms with van der Waals surface area (Å²) in [4.78, 5) is 26.8. The maximum absolute atomic E-state index is 12.2. The van der Waals surface area contributed by atoms with Crippen LogP contribution in [0.1, 0.15) is 40.5 Å². The Hall–Kier alpha value is -1.10. The van der Waals surface area contributed by atoms with E-state index in [9.17, 15) is 9.59 Å². The molecule has 0 aromatic heterocycles. The predicted molar refractivity (Wildman–Crippen MR) is 77.9 cm³/mol. The monoisotopic (exact) mass is 271 g/mol. The highest BCUT2D eigenvalue weighted by atomic mass is 16.2. The van der Waals surface area contributed by atoms with Crippen LogP contribution in [0.4, 0.5) is 0 Å². The number of nitrogens with one attached hydrogen (secondary N) is 1. The first-order valence-corrected chi connectivity index (χ1v) is 7.10. The molecule has 0 atom stereocenters. The zero-order chi connectivity index (χ0) is 15.1. The van der Waals surface area contributed by atoms with Gasteiger partial charge in [0.15, 0.2) is 0 Å². The van der Waals surface area contributed by atoms with Gasteiger partial charge in [0.1, 0.15) is 5.54 Å². The Kier molecular flexibility index (Phi) is 7.68. The average Bonchev–Trinajstić information content (AvgIpc) is 2.41. The molecule has 1 aliphatic heterocycles. The number of amides is 2. The van der Waals surface area contributed by atoms with Crippen LogP contribution >= 0.6 is 0 Å². The van der Waals surface area contributed by atoms with E-state index in [-0.39, 0.29) is 5.91 Å². The summed E-state index contributed by atoms with van der Waals surface area (Å²) in [6, 6.07) is 0.485. The third-order valence-corrected chi connectivity index (χ3v) is 3.53. The number of rotatable bonds is 4. The van der Waals surface area contributed by atoms with Crippen molar-refractivity contribution in [3.8, 4) is 0 Å². The Balaban J connectivity index is 0.00000154. The Morgan fingerprint density at radius 2 is 1.74 bits per heavy atom. The minimum Gasteiger partial charge on any atom is -0.347 e. The van der Waals surface area contributed by atoms with Crippen LogP contribution in [0, 0.1) is 0 Å². The molecule has 1 N–H and O–H groups in total. The van der Waals surface area contributed by atoms with Crippen LogP contribution in [0.2, 0.25) is 0 Å². The summed E-state index contributed by atoms with van der Waals surface area (Å²) >= 11 is 0. The molecular formula is C14H29N3O2. The summed E-state index contributed by atoms with van der Waals surface area (Å²) in [6.07, 6.45) is 2.01. The van der Waals surface area contributed by atoms with Gasteiger partial charge in [0.05, 0.1) is 0 Å². The summed E-state index contributed by atoms with van der Waals surface area (Å²) in [7, 11) is 3.46. The minimum absolute atomic E-state index is 0.00648. The largest absolute Gasteiger partial charge is 0.347 e. The first-order valence-electron chi connectivity index (χ1n) is 7.10. The molecule has 0 radical (unpaired) electrons. The van der Waals surface area contributed by atoms with Crippen molar-refractivity contribution in [3.05, 3.63) is 0 Å². The molecule has 0 bridgehead atoms. The van der Waals surface area contributed by atoms with Gasteiger partial charge in [0.25, 0.3) is 0 Å². The average molecular weight is 271 g/mol. The molecule has 0 unspecified atom stereocenters. The van der Waals surface area contributed by atoms with E-state index in [1.165, 1.54) is 0 Å². The maximum atomic E-state index is 12.2. The fraction of sp³-hybridized carbons (Fsp3) is 0.857. The lowest BCUT2D eigenvalue weighted by Gasteiger charge is -2.42. The predicted octanol–water partition coefficient (Wildman–Crippen LogP) is 1.09. The van der Waals surface area contributed by atoms with E-state index in [1.807, 2.05) is 13.8 Å². The fourth-order valence-electron chi connectivity index (χ4n) is 2.38. The van der Waals surface area contributed by atoms with Crippen LogP contribution in [0.25, 0.3) is 0 Å². The molecule has 1 rings (SSSR count). The molecule has 112 valence electrons. The van der Waals surface area contributed by atoms with Crippen molar-refractivity contribution in [2.24, 2.45) is 0 Å². The van der Waals surface area contributed by atoms with Gasteiger partial charge in [-0.3, -0.25) is 9.59 Å². The Morgan fingerprint density at radius 3 is 2.05 bits per heavy atom. The molecule has 1 aliphatic rings. The highest BCUT2D eigenvalue weighted by molar-refractivity contribution is 5.88. The number of hydrogen-bond donors (Lipinski definition) is 1. The molecule has 1 fully saturated rings. The summed E-state index contributed by atoms with van der Waals surface area (Å²) in [6.45, 7) is 9.98. The zero-order valence-corrected chi connectivity index (χ0v) is 13.2. The molecule has 5 nitrogen and oxygen atoms in total. The van der Waals surface area contributed by atoms with Gasteiger partial charge in [0.2, 0.25) is 12.3 Å². The van der Waals surface area contributed by atoms with Crippen LogP contribution in [-0.2, 0) is 9.59 Å². The molecule has 1 saturated heterocycles. The van der Waals surface area contributed by atoms with E-state index in [0.29, 0.717) is 25.3 Å². The summed E-state index contributed by atoms with van der Waals surface area (Å²) in [5.74, 6) is -0.00648. The molecule has 0 aromatic carbocycles. The van der Waals surface area contributed by atoms with Gasteiger partial charge in [-0.25, -0.2) is 0 Å². The normalized spacial score (nSPS) is 18.3. The van der Waals surface area contributed by atoms with Crippen molar-refractivity contribution in [2.75, 3.05) is 27.2 Å². The molecule has 0 spiro atoms. The second-order valence-electron chi connectivity index (χ2n) is 5.17. The number of carbonyl (C=O) groups is 2. The van der Waals surface area contributed by atoms with Crippen LogP contribution in [0.5, 0.6) is 0 Å². The molecule has 5 heteroatoms. The van der Waals surface area contributed by atoms with Gasteiger partial charge in [-0.1, -0.05) is 13.8 Å². The first-order chi connectivity index (χ1) is 8.93. The number of hydrogen-bond acceptors (Lipinski definition) is 3. The van der Waals surface area contributed by atoms with Crippen molar-refractivity contribution in [2.45, 2.75) is 52.1 Å². The molecule has 0 aliphatic carbocycles. The van der Waals surface area contributed by atoms with Crippen molar-refractivity contribution in [1.29, 1.82) is 0 Å². The van der Waals surface area contributed by atoms with Gasteiger partial charge in [-0.05, 0) is 26.7 Å². The molecule has 19 heavy (non-hydrogen) atoms. The standard InChI is InChI=1S/C12H23N3O2.C2H6/c1-10(2)15-7-5-12(6-8-15,13-9-16)11(17)14(3)4;1-2/h9-10H,5-8H2,1-4H3,(H,13,16);1-2H3. The smallest absolute Gasteiger partial charge is 0.247 e. The van der Waals surface area contributed by atoms with Gasteiger partial charge in [-0.15, -0.1) is 0 Å². The summed E-state index contributed by atoms with van der Waals surface area (Å²) < 4.78 is 0. The van der Waals surface area contributed by atoms with Gasteiger partial charge in [0, 0.05) is 33.2 Å². The zero-order valence-electron chi connectivity index (χ0n) is 13.2. The quantitative estimate of drug-likeness (QED) is 0.779. The van der Waals surface area contributed by atoms with Crippen LogP contribution < -0.4 is 5.32 Å². The number of piperidine rings is 1. The number of likely N-dealkylation sites (tertiary alicyclic amines) is 1. The Morgan fingerprint density at radius 1 is 1.26 bits per heavy atom. The maximum Gasteiger partial charge on any atom is 0.247 e. The number of nitrogens with zero attached hydrogens (tertiary/aromatic N) is 2. The van der Waals surface area contributed by atoms with E-state index >= 15 is 0 Å². The third-order valence-electron chi connectivity index (χ3n) is 3.53. The van der Waals surface area contributed by atoms with Gasteiger partial charge < -0.3 is 15.1 Å². The molecular weight excluding hydrogens is 242 g/mol. The van der Waals surface area contributed by atoms with E-state index in [2.05, 4.69) is 24.1 Å². The number of likely N-dealkylation sites (N-methyl/N-ethyl adjacent to an activating group) is 1. The molecule has 0 saturated carbocycles. The highest BCUT2D eigenvalue weighted by Gasteiger charge is 2.42. The Labute approximate surface area is 117 Å². The van der Waals surface area contributed by atoms with Crippen LogP contribution in [0.3, 0.4) is 0 Å².